The van der Waals surface area contributed by atoms with Gasteiger partial charge in [0.1, 0.15) is 17.3 Å². The summed E-state index contributed by atoms with van der Waals surface area (Å²) >= 11 is 0. The predicted octanol–water partition coefficient (Wildman–Crippen LogP) is 4.14. The number of amides is 1. The molecule has 0 radical (unpaired) electrons. The van der Waals surface area contributed by atoms with E-state index >= 15 is 0 Å². The van der Waals surface area contributed by atoms with Crippen LogP contribution < -0.4 is 15.4 Å². The standard InChI is InChI=1S/C20H21N3O3/c1-14(2)26-18-8-4-3-7-17(18)23-19-12-15(9-10-21-19)20(24)22-13-16-6-5-11-25-16/h3-12,14H,13H2,1-2H3,(H,21,23)(H,22,24). The largest absolute Gasteiger partial charge is 0.489 e. The van der Waals surface area contributed by atoms with Crippen LogP contribution in [0.25, 0.3) is 0 Å². The molecule has 0 bridgehead atoms. The van der Waals surface area contributed by atoms with Crippen LogP contribution >= 0.6 is 0 Å². The van der Waals surface area contributed by atoms with Crippen LogP contribution in [0.2, 0.25) is 0 Å². The average molecular weight is 351 g/mol. The normalized spacial score (nSPS) is 10.6. The predicted molar refractivity (Wildman–Crippen MR) is 99.6 cm³/mol. The summed E-state index contributed by atoms with van der Waals surface area (Å²) in [6.07, 6.45) is 3.23. The van der Waals surface area contributed by atoms with Gasteiger partial charge < -0.3 is 19.8 Å². The van der Waals surface area contributed by atoms with Gasteiger partial charge in [-0.2, -0.15) is 0 Å². The summed E-state index contributed by atoms with van der Waals surface area (Å²) < 4.78 is 11.0. The van der Waals surface area contributed by atoms with Crippen LogP contribution in [-0.2, 0) is 6.54 Å². The van der Waals surface area contributed by atoms with Gasteiger partial charge in [-0.3, -0.25) is 4.79 Å². The quantitative estimate of drug-likeness (QED) is 0.669. The fourth-order valence-electron chi connectivity index (χ4n) is 2.39. The molecular formula is C20H21N3O3. The number of nitrogens with zero attached hydrogens (tertiary/aromatic N) is 1. The molecule has 0 aliphatic heterocycles. The first-order valence-corrected chi connectivity index (χ1v) is 8.41. The lowest BCUT2D eigenvalue weighted by atomic mass is 10.2. The van der Waals surface area contributed by atoms with Crippen LogP contribution in [0.4, 0.5) is 11.5 Å². The Balaban J connectivity index is 1.70. The van der Waals surface area contributed by atoms with E-state index in [0.717, 1.165) is 11.4 Å². The summed E-state index contributed by atoms with van der Waals surface area (Å²) in [5.41, 5.74) is 1.30. The third-order valence-corrected chi connectivity index (χ3v) is 3.54. The molecular weight excluding hydrogens is 330 g/mol. The number of para-hydroxylation sites is 2. The Hall–Kier alpha value is -3.28. The van der Waals surface area contributed by atoms with Crippen molar-refractivity contribution in [2.75, 3.05) is 5.32 Å². The summed E-state index contributed by atoms with van der Waals surface area (Å²) in [5, 5.41) is 6.03. The first-order valence-electron chi connectivity index (χ1n) is 8.41. The van der Waals surface area contributed by atoms with E-state index in [-0.39, 0.29) is 12.0 Å². The van der Waals surface area contributed by atoms with Crippen molar-refractivity contribution in [1.82, 2.24) is 10.3 Å². The van der Waals surface area contributed by atoms with Crippen LogP contribution in [0.1, 0.15) is 30.0 Å². The van der Waals surface area contributed by atoms with Crippen molar-refractivity contribution in [2.24, 2.45) is 0 Å². The molecule has 0 spiro atoms. The van der Waals surface area contributed by atoms with E-state index in [2.05, 4.69) is 15.6 Å². The number of furan rings is 1. The number of rotatable bonds is 7. The maximum Gasteiger partial charge on any atom is 0.251 e. The van der Waals surface area contributed by atoms with Gasteiger partial charge in [-0.25, -0.2) is 4.98 Å². The van der Waals surface area contributed by atoms with E-state index in [9.17, 15) is 4.79 Å². The third-order valence-electron chi connectivity index (χ3n) is 3.54. The van der Waals surface area contributed by atoms with Crippen molar-refractivity contribution in [3.63, 3.8) is 0 Å². The van der Waals surface area contributed by atoms with Crippen molar-refractivity contribution in [3.8, 4) is 5.75 Å². The molecule has 2 N–H and O–H groups in total. The Bertz CT molecular complexity index is 860. The van der Waals surface area contributed by atoms with Gasteiger partial charge in [-0.15, -0.1) is 0 Å². The van der Waals surface area contributed by atoms with E-state index in [1.165, 1.54) is 0 Å². The summed E-state index contributed by atoms with van der Waals surface area (Å²) in [6.45, 7) is 4.28. The van der Waals surface area contributed by atoms with Crippen LogP contribution in [0, 0.1) is 0 Å². The number of hydrogen-bond donors (Lipinski definition) is 2. The van der Waals surface area contributed by atoms with Crippen LogP contribution in [-0.4, -0.2) is 17.0 Å². The molecule has 3 aromatic rings. The molecule has 3 rings (SSSR count). The van der Waals surface area contributed by atoms with E-state index in [4.69, 9.17) is 9.15 Å². The van der Waals surface area contributed by atoms with Gasteiger partial charge in [0.2, 0.25) is 0 Å². The van der Waals surface area contributed by atoms with Gasteiger partial charge in [0.25, 0.3) is 5.91 Å². The van der Waals surface area contributed by atoms with Crippen LogP contribution in [0.15, 0.2) is 65.4 Å². The average Bonchev–Trinajstić information content (AvgIpc) is 3.15. The molecule has 26 heavy (non-hydrogen) atoms. The molecule has 0 saturated heterocycles. The molecule has 0 atom stereocenters. The van der Waals surface area contributed by atoms with Crippen molar-refractivity contribution in [1.29, 1.82) is 0 Å². The van der Waals surface area contributed by atoms with Gasteiger partial charge in [0.05, 0.1) is 24.6 Å². The zero-order valence-corrected chi connectivity index (χ0v) is 14.7. The number of carbonyl (C=O) groups excluding carboxylic acids is 1. The zero-order valence-electron chi connectivity index (χ0n) is 14.7. The molecule has 6 heteroatoms. The van der Waals surface area contributed by atoms with Crippen molar-refractivity contribution >= 4 is 17.4 Å². The Labute approximate surface area is 152 Å². The van der Waals surface area contributed by atoms with Gasteiger partial charge >= 0.3 is 0 Å². The second-order valence-electron chi connectivity index (χ2n) is 5.98. The Kier molecular flexibility index (Phi) is 5.53. The minimum atomic E-state index is -0.196. The Morgan fingerprint density at radius 2 is 2.04 bits per heavy atom. The topological polar surface area (TPSA) is 76.4 Å². The number of carbonyl (C=O) groups is 1. The Morgan fingerprint density at radius 1 is 1.19 bits per heavy atom. The van der Waals surface area contributed by atoms with E-state index in [1.807, 2.05) is 44.2 Å². The lowest BCUT2D eigenvalue weighted by Gasteiger charge is -2.15. The molecule has 1 amide bonds. The van der Waals surface area contributed by atoms with Gasteiger partial charge in [0.15, 0.2) is 0 Å². The molecule has 2 heterocycles. The first-order chi connectivity index (χ1) is 12.6. The zero-order chi connectivity index (χ0) is 18.4. The molecule has 0 aliphatic carbocycles. The lowest BCUT2D eigenvalue weighted by molar-refractivity contribution is 0.0948. The highest BCUT2D eigenvalue weighted by atomic mass is 16.5. The number of hydrogen-bond acceptors (Lipinski definition) is 5. The highest BCUT2D eigenvalue weighted by Gasteiger charge is 2.10. The lowest BCUT2D eigenvalue weighted by Crippen LogP contribution is -2.22. The second kappa shape index (κ2) is 8.20. The maximum atomic E-state index is 12.3. The molecule has 0 fully saturated rings. The summed E-state index contributed by atoms with van der Waals surface area (Å²) in [5.74, 6) is 1.80. The van der Waals surface area contributed by atoms with Crippen molar-refractivity contribution in [3.05, 3.63) is 72.3 Å². The fraction of sp³-hybridized carbons (Fsp3) is 0.200. The van der Waals surface area contributed by atoms with Gasteiger partial charge in [-0.05, 0) is 50.2 Å². The number of nitrogens with one attached hydrogen (secondary N) is 2. The molecule has 1 aromatic carbocycles. The monoisotopic (exact) mass is 351 g/mol. The summed E-state index contributed by atoms with van der Waals surface area (Å²) in [7, 11) is 0. The summed E-state index contributed by atoms with van der Waals surface area (Å²) in [4.78, 5) is 16.6. The van der Waals surface area contributed by atoms with Crippen molar-refractivity contribution in [2.45, 2.75) is 26.5 Å². The van der Waals surface area contributed by atoms with Gasteiger partial charge in [0, 0.05) is 11.8 Å². The van der Waals surface area contributed by atoms with E-state index in [1.54, 1.807) is 30.7 Å². The first kappa shape index (κ1) is 17.5. The number of ether oxygens (including phenoxy) is 1. The fourth-order valence-corrected chi connectivity index (χ4v) is 2.39. The smallest absolute Gasteiger partial charge is 0.251 e. The highest BCUT2D eigenvalue weighted by Crippen LogP contribution is 2.27. The molecule has 0 saturated carbocycles. The van der Waals surface area contributed by atoms with E-state index < -0.39 is 0 Å². The molecule has 0 unspecified atom stereocenters. The number of benzene rings is 1. The SMILES string of the molecule is CC(C)Oc1ccccc1Nc1cc(C(=O)NCc2ccco2)ccn1. The highest BCUT2D eigenvalue weighted by molar-refractivity contribution is 5.94. The molecule has 0 aliphatic rings. The van der Waals surface area contributed by atoms with Crippen LogP contribution in [0.5, 0.6) is 5.75 Å². The van der Waals surface area contributed by atoms with Crippen LogP contribution in [0.3, 0.4) is 0 Å². The minimum Gasteiger partial charge on any atom is -0.489 e. The summed E-state index contributed by atoms with van der Waals surface area (Å²) in [6, 6.07) is 14.6. The van der Waals surface area contributed by atoms with Crippen molar-refractivity contribution < 1.29 is 13.9 Å². The second-order valence-corrected chi connectivity index (χ2v) is 5.98. The number of pyridine rings is 1. The van der Waals surface area contributed by atoms with E-state index in [0.29, 0.717) is 23.7 Å². The molecule has 2 aromatic heterocycles. The minimum absolute atomic E-state index is 0.0598. The third kappa shape index (κ3) is 4.63. The number of anilines is 2. The maximum absolute atomic E-state index is 12.3. The number of aromatic nitrogens is 1. The molecule has 6 nitrogen and oxygen atoms in total. The van der Waals surface area contributed by atoms with Gasteiger partial charge in [-0.1, -0.05) is 12.1 Å². The Morgan fingerprint density at radius 3 is 2.81 bits per heavy atom. The molecule has 134 valence electrons.